The van der Waals surface area contributed by atoms with Crippen molar-refractivity contribution in [2.24, 2.45) is 0 Å². The minimum atomic E-state index is -0.416. The van der Waals surface area contributed by atoms with Crippen LogP contribution in [0.1, 0.15) is 19.3 Å². The Morgan fingerprint density at radius 1 is 1.30 bits per heavy atom. The van der Waals surface area contributed by atoms with E-state index in [1.54, 1.807) is 12.1 Å². The standard InChI is InChI=1S/C14H13Cl2NO3/c1-2-8-20-14(19)5-3-4-13(18)17-12-7-6-10(15)9-11(12)16/h1,6-7,9H,3-5,8H2,(H,17,18). The third kappa shape index (κ3) is 5.96. The van der Waals surface area contributed by atoms with E-state index in [-0.39, 0.29) is 25.4 Å². The number of nitrogens with one attached hydrogen (secondary N) is 1. The highest BCUT2D eigenvalue weighted by Gasteiger charge is 2.08. The number of benzene rings is 1. The molecule has 0 spiro atoms. The van der Waals surface area contributed by atoms with E-state index >= 15 is 0 Å². The van der Waals surface area contributed by atoms with Gasteiger partial charge in [0.15, 0.2) is 6.61 Å². The summed E-state index contributed by atoms with van der Waals surface area (Å²) in [4.78, 5) is 22.8. The summed E-state index contributed by atoms with van der Waals surface area (Å²) >= 11 is 11.7. The lowest BCUT2D eigenvalue weighted by Crippen LogP contribution is -2.13. The quantitative estimate of drug-likeness (QED) is 0.647. The third-order valence-corrected chi connectivity index (χ3v) is 2.85. The SMILES string of the molecule is C#CCOC(=O)CCCC(=O)Nc1ccc(Cl)cc1Cl. The lowest BCUT2D eigenvalue weighted by Gasteiger charge is -2.07. The fourth-order valence-corrected chi connectivity index (χ4v) is 1.85. The van der Waals surface area contributed by atoms with Gasteiger partial charge in [0, 0.05) is 17.9 Å². The highest BCUT2D eigenvalue weighted by atomic mass is 35.5. The molecular formula is C14H13Cl2NO3. The number of carbonyl (C=O) groups is 2. The molecule has 1 aromatic carbocycles. The Morgan fingerprint density at radius 3 is 2.70 bits per heavy atom. The maximum Gasteiger partial charge on any atom is 0.306 e. The fraction of sp³-hybridized carbons (Fsp3) is 0.286. The van der Waals surface area contributed by atoms with Gasteiger partial charge in [-0.15, -0.1) is 6.42 Å². The number of ether oxygens (including phenoxy) is 1. The van der Waals surface area contributed by atoms with E-state index in [0.717, 1.165) is 0 Å². The summed E-state index contributed by atoms with van der Waals surface area (Å²) in [7, 11) is 0. The van der Waals surface area contributed by atoms with Crippen molar-refractivity contribution < 1.29 is 14.3 Å². The van der Waals surface area contributed by atoms with Crippen molar-refractivity contribution in [3.8, 4) is 12.3 Å². The maximum absolute atomic E-state index is 11.7. The molecule has 1 aromatic rings. The summed E-state index contributed by atoms with van der Waals surface area (Å²) in [6.07, 6.45) is 5.65. The third-order valence-electron chi connectivity index (χ3n) is 2.31. The zero-order valence-electron chi connectivity index (χ0n) is 10.6. The topological polar surface area (TPSA) is 55.4 Å². The number of anilines is 1. The van der Waals surface area contributed by atoms with Gasteiger partial charge in [-0.25, -0.2) is 0 Å². The van der Waals surface area contributed by atoms with Crippen LogP contribution in [0, 0.1) is 12.3 Å². The van der Waals surface area contributed by atoms with E-state index < -0.39 is 5.97 Å². The molecule has 106 valence electrons. The summed E-state index contributed by atoms with van der Waals surface area (Å²) in [6.45, 7) is -0.0502. The number of esters is 1. The van der Waals surface area contributed by atoms with Gasteiger partial charge < -0.3 is 10.1 Å². The molecule has 20 heavy (non-hydrogen) atoms. The molecule has 0 aliphatic rings. The van der Waals surface area contributed by atoms with E-state index in [2.05, 4.69) is 16.0 Å². The highest BCUT2D eigenvalue weighted by Crippen LogP contribution is 2.25. The Kier molecular flexibility index (Phi) is 6.92. The molecule has 0 radical (unpaired) electrons. The molecule has 0 atom stereocenters. The summed E-state index contributed by atoms with van der Waals surface area (Å²) in [5.41, 5.74) is 0.482. The van der Waals surface area contributed by atoms with Crippen molar-refractivity contribution in [3.05, 3.63) is 28.2 Å². The van der Waals surface area contributed by atoms with Crippen LogP contribution in [0.5, 0.6) is 0 Å². The van der Waals surface area contributed by atoms with Crippen LogP contribution in [-0.2, 0) is 14.3 Å². The van der Waals surface area contributed by atoms with E-state index in [4.69, 9.17) is 29.6 Å². The number of carbonyl (C=O) groups excluding carboxylic acids is 2. The van der Waals surface area contributed by atoms with Crippen molar-refractivity contribution in [2.45, 2.75) is 19.3 Å². The van der Waals surface area contributed by atoms with E-state index in [0.29, 0.717) is 22.2 Å². The van der Waals surface area contributed by atoms with Gasteiger partial charge in [-0.2, -0.15) is 0 Å². The van der Waals surface area contributed by atoms with Gasteiger partial charge in [0.05, 0.1) is 10.7 Å². The minimum absolute atomic E-state index is 0.0502. The van der Waals surface area contributed by atoms with Crippen LogP contribution in [0.2, 0.25) is 10.0 Å². The van der Waals surface area contributed by atoms with E-state index in [1.165, 1.54) is 6.07 Å². The second-order valence-electron chi connectivity index (χ2n) is 3.89. The Bertz CT molecular complexity index is 538. The lowest BCUT2D eigenvalue weighted by atomic mass is 10.2. The van der Waals surface area contributed by atoms with Crippen LogP contribution in [0.4, 0.5) is 5.69 Å². The molecule has 1 rings (SSSR count). The predicted octanol–water partition coefficient (Wildman–Crippen LogP) is 3.28. The molecule has 0 unspecified atom stereocenters. The van der Waals surface area contributed by atoms with Crippen LogP contribution >= 0.6 is 23.2 Å². The van der Waals surface area contributed by atoms with Crippen molar-refractivity contribution in [1.29, 1.82) is 0 Å². The largest absolute Gasteiger partial charge is 0.452 e. The highest BCUT2D eigenvalue weighted by molar-refractivity contribution is 6.36. The number of hydrogen-bond donors (Lipinski definition) is 1. The summed E-state index contributed by atoms with van der Waals surface area (Å²) in [5.74, 6) is 1.54. The second kappa shape index (κ2) is 8.47. The van der Waals surface area contributed by atoms with Gasteiger partial charge in [-0.1, -0.05) is 29.1 Å². The Morgan fingerprint density at radius 2 is 2.05 bits per heavy atom. The van der Waals surface area contributed by atoms with E-state index in [1.807, 2.05) is 0 Å². The molecule has 0 bridgehead atoms. The van der Waals surface area contributed by atoms with Gasteiger partial charge in [0.2, 0.25) is 5.91 Å². The van der Waals surface area contributed by atoms with Crippen molar-refractivity contribution in [3.63, 3.8) is 0 Å². The molecule has 4 nitrogen and oxygen atoms in total. The molecule has 1 N–H and O–H groups in total. The van der Waals surface area contributed by atoms with Gasteiger partial charge in [-0.3, -0.25) is 9.59 Å². The molecule has 0 heterocycles. The lowest BCUT2D eigenvalue weighted by molar-refractivity contribution is -0.142. The Balaban J connectivity index is 2.34. The van der Waals surface area contributed by atoms with Gasteiger partial charge in [0.25, 0.3) is 0 Å². The first-order valence-corrected chi connectivity index (χ1v) is 6.62. The molecule has 1 amide bonds. The summed E-state index contributed by atoms with van der Waals surface area (Å²) in [6, 6.07) is 4.78. The van der Waals surface area contributed by atoms with Crippen molar-refractivity contribution >= 4 is 40.8 Å². The number of hydrogen-bond acceptors (Lipinski definition) is 3. The molecule has 0 aliphatic heterocycles. The number of rotatable bonds is 6. The Labute approximate surface area is 127 Å². The van der Waals surface area contributed by atoms with Crippen LogP contribution in [0.15, 0.2) is 18.2 Å². The zero-order valence-corrected chi connectivity index (χ0v) is 12.1. The molecule has 0 aliphatic carbocycles. The second-order valence-corrected chi connectivity index (χ2v) is 4.73. The first-order chi connectivity index (χ1) is 9.52. The number of terminal acetylenes is 1. The summed E-state index contributed by atoms with van der Waals surface area (Å²) < 4.78 is 4.68. The normalized spacial score (nSPS) is 9.65. The smallest absolute Gasteiger partial charge is 0.306 e. The maximum atomic E-state index is 11.7. The van der Waals surface area contributed by atoms with Crippen molar-refractivity contribution in [2.75, 3.05) is 11.9 Å². The van der Waals surface area contributed by atoms with E-state index in [9.17, 15) is 9.59 Å². The minimum Gasteiger partial charge on any atom is -0.452 e. The van der Waals surface area contributed by atoms with Gasteiger partial charge in [0.1, 0.15) is 0 Å². The first kappa shape index (κ1) is 16.4. The first-order valence-electron chi connectivity index (χ1n) is 5.87. The average Bonchev–Trinajstić information content (AvgIpc) is 2.39. The Hall–Kier alpha value is -1.70. The van der Waals surface area contributed by atoms with Crippen LogP contribution in [-0.4, -0.2) is 18.5 Å². The molecule has 0 aromatic heterocycles. The van der Waals surface area contributed by atoms with Crippen molar-refractivity contribution in [1.82, 2.24) is 0 Å². The molecule has 0 saturated carbocycles. The van der Waals surface area contributed by atoms with Crippen LogP contribution in [0.25, 0.3) is 0 Å². The molecular weight excluding hydrogens is 301 g/mol. The van der Waals surface area contributed by atoms with Gasteiger partial charge >= 0.3 is 5.97 Å². The van der Waals surface area contributed by atoms with Crippen LogP contribution in [0.3, 0.4) is 0 Å². The number of halogens is 2. The van der Waals surface area contributed by atoms with Crippen LogP contribution < -0.4 is 5.32 Å². The monoisotopic (exact) mass is 313 g/mol. The van der Waals surface area contributed by atoms with Gasteiger partial charge in [-0.05, 0) is 24.6 Å². The summed E-state index contributed by atoms with van der Waals surface area (Å²) in [5, 5.41) is 3.49. The average molecular weight is 314 g/mol. The number of amides is 1. The fourth-order valence-electron chi connectivity index (χ4n) is 1.39. The zero-order chi connectivity index (χ0) is 15.0. The predicted molar refractivity (Wildman–Crippen MR) is 78.7 cm³/mol. The molecule has 6 heteroatoms. The molecule has 0 saturated heterocycles. The molecule has 0 fully saturated rings.